The van der Waals surface area contributed by atoms with Crippen LogP contribution in [0.1, 0.15) is 38.3 Å². The van der Waals surface area contributed by atoms with Gasteiger partial charge in [0, 0.05) is 19.5 Å². The third-order valence-electron chi connectivity index (χ3n) is 2.84. The molecule has 1 rings (SSSR count). The average molecular weight is 264 g/mol. The van der Waals surface area contributed by atoms with Gasteiger partial charge < -0.3 is 16.4 Å². The number of pyridine rings is 1. The number of nitrogens with zero attached hydrogens (tertiary/aromatic N) is 1. The van der Waals surface area contributed by atoms with Gasteiger partial charge in [-0.25, -0.2) is 4.98 Å². The summed E-state index contributed by atoms with van der Waals surface area (Å²) >= 11 is 0. The monoisotopic (exact) mass is 264 g/mol. The second-order valence-electron chi connectivity index (χ2n) is 4.60. The topological polar surface area (TPSA) is 80.0 Å². The smallest absolute Gasteiger partial charge is 0.219 e. The van der Waals surface area contributed by atoms with Gasteiger partial charge in [-0.05, 0) is 38.3 Å². The summed E-state index contributed by atoms with van der Waals surface area (Å²) in [4.78, 5) is 15.6. The van der Waals surface area contributed by atoms with E-state index in [4.69, 9.17) is 5.73 Å². The maximum absolute atomic E-state index is 11.2. The number of anilines is 2. The van der Waals surface area contributed by atoms with E-state index in [-0.39, 0.29) is 5.91 Å². The van der Waals surface area contributed by atoms with Gasteiger partial charge in [0.05, 0.1) is 11.4 Å². The summed E-state index contributed by atoms with van der Waals surface area (Å²) < 4.78 is 0. The highest BCUT2D eigenvalue weighted by Crippen LogP contribution is 2.11. The van der Waals surface area contributed by atoms with E-state index in [9.17, 15) is 4.79 Å². The predicted octanol–water partition coefficient (Wildman–Crippen LogP) is 2.08. The zero-order valence-corrected chi connectivity index (χ0v) is 11.8. The SMILES string of the molecule is CCCC(=O)NCCCCNc1ccc(N)c(C)n1. The number of nitrogens with one attached hydrogen (secondary N) is 2. The normalized spacial score (nSPS) is 10.2. The highest BCUT2D eigenvalue weighted by Gasteiger charge is 1.99. The van der Waals surface area contributed by atoms with Crippen LogP contribution in [-0.4, -0.2) is 24.0 Å². The zero-order chi connectivity index (χ0) is 14.1. The number of amides is 1. The summed E-state index contributed by atoms with van der Waals surface area (Å²) in [6, 6.07) is 3.74. The Morgan fingerprint density at radius 2 is 2.05 bits per heavy atom. The Morgan fingerprint density at radius 3 is 2.74 bits per heavy atom. The van der Waals surface area contributed by atoms with E-state index >= 15 is 0 Å². The number of aryl methyl sites for hydroxylation is 1. The van der Waals surface area contributed by atoms with Crippen molar-refractivity contribution in [2.24, 2.45) is 0 Å². The highest BCUT2D eigenvalue weighted by atomic mass is 16.1. The van der Waals surface area contributed by atoms with Crippen LogP contribution in [0, 0.1) is 6.92 Å². The fraction of sp³-hybridized carbons (Fsp3) is 0.571. The number of carbonyl (C=O) groups excluding carboxylic acids is 1. The molecule has 5 nitrogen and oxygen atoms in total. The molecule has 0 aromatic carbocycles. The summed E-state index contributed by atoms with van der Waals surface area (Å²) in [5.41, 5.74) is 7.26. The molecule has 0 aliphatic carbocycles. The summed E-state index contributed by atoms with van der Waals surface area (Å²) in [5, 5.41) is 6.15. The fourth-order valence-corrected chi connectivity index (χ4v) is 1.68. The molecule has 0 saturated carbocycles. The number of hydrogen-bond acceptors (Lipinski definition) is 4. The predicted molar refractivity (Wildman–Crippen MR) is 79.0 cm³/mol. The van der Waals surface area contributed by atoms with Gasteiger partial charge in [-0.15, -0.1) is 0 Å². The number of rotatable bonds is 8. The van der Waals surface area contributed by atoms with E-state index in [1.54, 1.807) is 0 Å². The lowest BCUT2D eigenvalue weighted by Crippen LogP contribution is -2.24. The van der Waals surface area contributed by atoms with Crippen LogP contribution in [-0.2, 0) is 4.79 Å². The number of nitrogen functional groups attached to an aromatic ring is 1. The summed E-state index contributed by atoms with van der Waals surface area (Å²) in [5.74, 6) is 0.994. The van der Waals surface area contributed by atoms with Crippen LogP contribution in [0.2, 0.25) is 0 Å². The van der Waals surface area contributed by atoms with Crippen LogP contribution in [0.15, 0.2) is 12.1 Å². The van der Waals surface area contributed by atoms with Gasteiger partial charge in [-0.1, -0.05) is 6.92 Å². The molecule has 1 amide bonds. The van der Waals surface area contributed by atoms with Crippen LogP contribution in [0.3, 0.4) is 0 Å². The van der Waals surface area contributed by atoms with Crippen molar-refractivity contribution in [1.82, 2.24) is 10.3 Å². The van der Waals surface area contributed by atoms with Crippen LogP contribution in [0.25, 0.3) is 0 Å². The second-order valence-corrected chi connectivity index (χ2v) is 4.60. The Hall–Kier alpha value is -1.78. The zero-order valence-electron chi connectivity index (χ0n) is 11.8. The average Bonchev–Trinajstić information content (AvgIpc) is 2.38. The molecule has 0 atom stereocenters. The lowest BCUT2D eigenvalue weighted by atomic mass is 10.2. The van der Waals surface area contributed by atoms with Crippen molar-refractivity contribution in [2.75, 3.05) is 24.1 Å². The first kappa shape index (κ1) is 15.3. The molecule has 19 heavy (non-hydrogen) atoms. The third-order valence-corrected chi connectivity index (χ3v) is 2.84. The molecule has 0 fully saturated rings. The first-order chi connectivity index (χ1) is 9.13. The molecule has 0 aliphatic rings. The maximum Gasteiger partial charge on any atom is 0.219 e. The van der Waals surface area contributed by atoms with Gasteiger partial charge in [0.1, 0.15) is 5.82 Å². The van der Waals surface area contributed by atoms with Crippen molar-refractivity contribution in [2.45, 2.75) is 39.5 Å². The number of aromatic nitrogens is 1. The van der Waals surface area contributed by atoms with Crippen molar-refractivity contribution < 1.29 is 4.79 Å². The molecular weight excluding hydrogens is 240 g/mol. The van der Waals surface area contributed by atoms with Gasteiger partial charge in [-0.3, -0.25) is 4.79 Å². The molecule has 0 radical (unpaired) electrons. The van der Waals surface area contributed by atoms with Gasteiger partial charge in [0.15, 0.2) is 0 Å². The van der Waals surface area contributed by atoms with E-state index in [0.717, 1.165) is 43.9 Å². The third kappa shape index (κ3) is 6.08. The van der Waals surface area contributed by atoms with Gasteiger partial charge >= 0.3 is 0 Å². The van der Waals surface area contributed by atoms with Crippen LogP contribution in [0.4, 0.5) is 11.5 Å². The quantitative estimate of drug-likeness (QED) is 0.628. The van der Waals surface area contributed by atoms with Gasteiger partial charge in [0.2, 0.25) is 5.91 Å². The number of carbonyl (C=O) groups is 1. The summed E-state index contributed by atoms with van der Waals surface area (Å²) in [6.45, 7) is 5.49. The maximum atomic E-state index is 11.2. The minimum atomic E-state index is 0.145. The Kier molecular flexibility index (Phi) is 6.71. The molecule has 0 unspecified atom stereocenters. The number of unbranched alkanes of at least 4 members (excludes halogenated alkanes) is 1. The minimum absolute atomic E-state index is 0.145. The van der Waals surface area contributed by atoms with E-state index in [2.05, 4.69) is 15.6 Å². The largest absolute Gasteiger partial charge is 0.397 e. The van der Waals surface area contributed by atoms with Crippen LogP contribution in [0.5, 0.6) is 0 Å². The molecule has 0 aliphatic heterocycles. The number of hydrogen-bond donors (Lipinski definition) is 3. The molecule has 0 saturated heterocycles. The molecule has 0 bridgehead atoms. The molecule has 1 aromatic rings. The van der Waals surface area contributed by atoms with Crippen LogP contribution < -0.4 is 16.4 Å². The standard InChI is InChI=1S/C14H24N4O/c1-3-6-14(19)17-10-5-4-9-16-13-8-7-12(15)11(2)18-13/h7-8H,3-6,9-10,15H2,1-2H3,(H,16,18)(H,17,19). The lowest BCUT2D eigenvalue weighted by molar-refractivity contribution is -0.121. The first-order valence-electron chi connectivity index (χ1n) is 6.87. The number of nitrogens with two attached hydrogens (primary N) is 1. The molecule has 1 heterocycles. The van der Waals surface area contributed by atoms with Crippen molar-refractivity contribution >= 4 is 17.4 Å². The van der Waals surface area contributed by atoms with Crippen molar-refractivity contribution in [1.29, 1.82) is 0 Å². The molecule has 0 spiro atoms. The van der Waals surface area contributed by atoms with Crippen LogP contribution >= 0.6 is 0 Å². The van der Waals surface area contributed by atoms with E-state index in [1.165, 1.54) is 0 Å². The van der Waals surface area contributed by atoms with E-state index < -0.39 is 0 Å². The van der Waals surface area contributed by atoms with Gasteiger partial charge in [-0.2, -0.15) is 0 Å². The molecule has 1 aromatic heterocycles. The fourth-order valence-electron chi connectivity index (χ4n) is 1.68. The Balaban J connectivity index is 2.10. The van der Waals surface area contributed by atoms with Crippen molar-refractivity contribution in [3.8, 4) is 0 Å². The molecule has 5 heteroatoms. The Bertz CT molecular complexity index is 406. The highest BCUT2D eigenvalue weighted by molar-refractivity contribution is 5.75. The summed E-state index contributed by atoms with van der Waals surface area (Å²) in [7, 11) is 0. The van der Waals surface area contributed by atoms with E-state index in [0.29, 0.717) is 12.1 Å². The molecular formula is C14H24N4O. The van der Waals surface area contributed by atoms with Gasteiger partial charge in [0.25, 0.3) is 0 Å². The Morgan fingerprint density at radius 1 is 1.32 bits per heavy atom. The first-order valence-corrected chi connectivity index (χ1v) is 6.87. The molecule has 106 valence electrons. The minimum Gasteiger partial charge on any atom is -0.397 e. The summed E-state index contributed by atoms with van der Waals surface area (Å²) in [6.07, 6.45) is 3.48. The second kappa shape index (κ2) is 8.34. The lowest BCUT2D eigenvalue weighted by Gasteiger charge is -2.08. The Labute approximate surface area is 115 Å². The van der Waals surface area contributed by atoms with Crippen molar-refractivity contribution in [3.05, 3.63) is 17.8 Å². The molecule has 4 N–H and O–H groups in total. The van der Waals surface area contributed by atoms with E-state index in [1.807, 2.05) is 26.0 Å². The van der Waals surface area contributed by atoms with Crippen molar-refractivity contribution in [3.63, 3.8) is 0 Å².